The van der Waals surface area contributed by atoms with Gasteiger partial charge >= 0.3 is 5.97 Å². The number of hydrogen-bond acceptors (Lipinski definition) is 7. The molecule has 0 fully saturated rings. The van der Waals surface area contributed by atoms with Gasteiger partial charge in [0.1, 0.15) is 0 Å². The van der Waals surface area contributed by atoms with Crippen molar-refractivity contribution in [3.05, 3.63) is 53.6 Å². The molecule has 0 unspecified atom stereocenters. The molecule has 0 aliphatic carbocycles. The summed E-state index contributed by atoms with van der Waals surface area (Å²) in [5, 5.41) is 0. The van der Waals surface area contributed by atoms with Crippen molar-refractivity contribution in [2.75, 3.05) is 35.0 Å². The summed E-state index contributed by atoms with van der Waals surface area (Å²) >= 11 is 0. The van der Waals surface area contributed by atoms with Crippen LogP contribution >= 0.6 is 0 Å². The van der Waals surface area contributed by atoms with Gasteiger partial charge in [0.2, 0.25) is 0 Å². The third kappa shape index (κ3) is 5.26. The van der Waals surface area contributed by atoms with Crippen molar-refractivity contribution in [2.45, 2.75) is 0 Å². The summed E-state index contributed by atoms with van der Waals surface area (Å²) < 4.78 is 25.7. The zero-order chi connectivity index (χ0) is 20.5. The lowest BCUT2D eigenvalue weighted by atomic mass is 10.1. The van der Waals surface area contributed by atoms with Crippen LogP contribution in [0.2, 0.25) is 0 Å². The molecule has 0 heterocycles. The van der Waals surface area contributed by atoms with E-state index in [9.17, 15) is 9.59 Å². The summed E-state index contributed by atoms with van der Waals surface area (Å²) in [5.41, 5.74) is 1.08. The average Bonchev–Trinajstić information content (AvgIpc) is 2.74. The molecule has 0 atom stereocenters. The van der Waals surface area contributed by atoms with Crippen LogP contribution in [0, 0.1) is 0 Å². The molecule has 0 bridgehead atoms. The monoisotopic (exact) mass is 386 g/mol. The van der Waals surface area contributed by atoms with Gasteiger partial charge in [0.25, 0.3) is 0 Å². The molecule has 0 aliphatic rings. The molecule has 0 amide bonds. The van der Waals surface area contributed by atoms with Gasteiger partial charge in [-0.1, -0.05) is 6.07 Å². The van der Waals surface area contributed by atoms with Crippen molar-refractivity contribution >= 4 is 17.8 Å². The Labute approximate surface area is 163 Å². The van der Waals surface area contributed by atoms with Gasteiger partial charge in [-0.05, 0) is 42.0 Å². The van der Waals surface area contributed by atoms with Gasteiger partial charge in [-0.15, -0.1) is 0 Å². The Hall–Kier alpha value is -3.48. The maximum atomic E-state index is 12.2. The van der Waals surface area contributed by atoms with Crippen molar-refractivity contribution in [3.8, 4) is 23.0 Å². The van der Waals surface area contributed by atoms with E-state index >= 15 is 0 Å². The van der Waals surface area contributed by atoms with E-state index in [0.29, 0.717) is 28.6 Å². The predicted molar refractivity (Wildman–Crippen MR) is 103 cm³/mol. The third-order valence-corrected chi connectivity index (χ3v) is 3.87. The number of carbonyl (C=O) groups is 2. The third-order valence-electron chi connectivity index (χ3n) is 3.87. The number of carbonyl (C=O) groups excluding carboxylic acids is 2. The zero-order valence-corrected chi connectivity index (χ0v) is 16.2. The second-order valence-electron chi connectivity index (χ2n) is 5.55. The summed E-state index contributed by atoms with van der Waals surface area (Å²) in [4.78, 5) is 24.1. The molecular formula is C21H22O7. The summed E-state index contributed by atoms with van der Waals surface area (Å²) in [5.74, 6) is 1.07. The summed E-state index contributed by atoms with van der Waals surface area (Å²) in [6.45, 7) is -0.384. The minimum atomic E-state index is -0.636. The van der Waals surface area contributed by atoms with Crippen LogP contribution in [0.1, 0.15) is 15.9 Å². The first-order chi connectivity index (χ1) is 13.5. The molecule has 0 aliphatic heterocycles. The van der Waals surface area contributed by atoms with Crippen molar-refractivity contribution in [1.82, 2.24) is 0 Å². The van der Waals surface area contributed by atoms with Gasteiger partial charge < -0.3 is 23.7 Å². The Kier molecular flexibility index (Phi) is 7.45. The molecule has 28 heavy (non-hydrogen) atoms. The molecule has 0 saturated heterocycles. The van der Waals surface area contributed by atoms with Crippen LogP contribution in [-0.2, 0) is 9.53 Å². The van der Waals surface area contributed by atoms with E-state index in [1.807, 2.05) is 0 Å². The normalized spacial score (nSPS) is 10.4. The van der Waals surface area contributed by atoms with Gasteiger partial charge in [0, 0.05) is 11.6 Å². The Morgan fingerprint density at radius 2 is 1.36 bits per heavy atom. The molecule has 7 heteroatoms. The van der Waals surface area contributed by atoms with E-state index in [1.54, 1.807) is 43.5 Å². The number of hydrogen-bond donors (Lipinski definition) is 0. The van der Waals surface area contributed by atoms with Crippen LogP contribution in [0.3, 0.4) is 0 Å². The second kappa shape index (κ2) is 10.0. The molecule has 0 N–H and O–H groups in total. The largest absolute Gasteiger partial charge is 0.493 e. The lowest BCUT2D eigenvalue weighted by molar-refractivity contribution is -0.136. The fourth-order valence-corrected chi connectivity index (χ4v) is 2.40. The van der Waals surface area contributed by atoms with Crippen LogP contribution in [0.15, 0.2) is 42.5 Å². The predicted octanol–water partition coefficient (Wildman–Crippen LogP) is 3.16. The van der Waals surface area contributed by atoms with E-state index < -0.39 is 5.97 Å². The fraction of sp³-hybridized carbons (Fsp3) is 0.238. The van der Waals surface area contributed by atoms with Crippen LogP contribution < -0.4 is 18.9 Å². The van der Waals surface area contributed by atoms with Gasteiger partial charge in [-0.25, -0.2) is 4.79 Å². The summed E-state index contributed by atoms with van der Waals surface area (Å²) in [6, 6.07) is 9.94. The molecule has 2 aromatic rings. The zero-order valence-electron chi connectivity index (χ0n) is 16.2. The first-order valence-corrected chi connectivity index (χ1v) is 8.34. The van der Waals surface area contributed by atoms with Crippen LogP contribution in [-0.4, -0.2) is 46.8 Å². The molecule has 0 spiro atoms. The molecule has 2 aromatic carbocycles. The Morgan fingerprint density at radius 1 is 0.786 bits per heavy atom. The smallest absolute Gasteiger partial charge is 0.331 e. The van der Waals surface area contributed by atoms with E-state index in [2.05, 4.69) is 0 Å². The van der Waals surface area contributed by atoms with Crippen molar-refractivity contribution in [3.63, 3.8) is 0 Å². The number of Topliss-reactive ketones (excluding diaryl/α,β-unsaturated/α-hetero) is 1. The second-order valence-corrected chi connectivity index (χ2v) is 5.55. The lowest BCUT2D eigenvalue weighted by Gasteiger charge is -2.09. The molecule has 7 nitrogen and oxygen atoms in total. The maximum Gasteiger partial charge on any atom is 0.331 e. The van der Waals surface area contributed by atoms with Gasteiger partial charge in [-0.3, -0.25) is 4.79 Å². The maximum absolute atomic E-state index is 12.2. The van der Waals surface area contributed by atoms with Crippen molar-refractivity contribution in [2.24, 2.45) is 0 Å². The van der Waals surface area contributed by atoms with Crippen molar-refractivity contribution in [1.29, 1.82) is 0 Å². The Balaban J connectivity index is 1.96. The van der Waals surface area contributed by atoms with Gasteiger partial charge in [0.05, 0.1) is 28.4 Å². The number of esters is 1. The quantitative estimate of drug-likeness (QED) is 0.372. The number of rotatable bonds is 9. The minimum Gasteiger partial charge on any atom is -0.493 e. The standard InChI is InChI=1S/C21H22O7/c1-24-17-8-5-14(11-19(17)26-3)6-10-21(23)28-13-16(22)15-7-9-18(25-2)20(12-15)27-4/h5-12H,13H2,1-4H3/b10-6+. The molecular weight excluding hydrogens is 364 g/mol. The average molecular weight is 386 g/mol. The van der Waals surface area contributed by atoms with Crippen molar-refractivity contribution < 1.29 is 33.3 Å². The molecule has 0 saturated carbocycles. The first-order valence-electron chi connectivity index (χ1n) is 8.34. The van der Waals surface area contributed by atoms with E-state index in [-0.39, 0.29) is 12.4 Å². The Morgan fingerprint density at radius 3 is 1.96 bits per heavy atom. The highest BCUT2D eigenvalue weighted by atomic mass is 16.5. The number of ether oxygens (including phenoxy) is 5. The molecule has 2 rings (SSSR count). The summed E-state index contributed by atoms with van der Waals surface area (Å²) in [6.07, 6.45) is 2.80. The molecule has 148 valence electrons. The van der Waals surface area contributed by atoms with Crippen LogP contribution in [0.5, 0.6) is 23.0 Å². The van der Waals surface area contributed by atoms with Gasteiger partial charge in [-0.2, -0.15) is 0 Å². The van der Waals surface area contributed by atoms with E-state index in [0.717, 1.165) is 5.56 Å². The number of methoxy groups -OCH3 is 4. The lowest BCUT2D eigenvalue weighted by Crippen LogP contribution is -2.12. The topological polar surface area (TPSA) is 80.3 Å². The Bertz CT molecular complexity index is 871. The molecule has 0 aromatic heterocycles. The van der Waals surface area contributed by atoms with Crippen LogP contribution in [0.25, 0.3) is 6.08 Å². The van der Waals surface area contributed by atoms with Crippen LogP contribution in [0.4, 0.5) is 0 Å². The SMILES string of the molecule is COc1ccc(/C=C/C(=O)OCC(=O)c2ccc(OC)c(OC)c2)cc1OC. The minimum absolute atomic E-state index is 0.353. The highest BCUT2D eigenvalue weighted by molar-refractivity contribution is 5.99. The summed E-state index contributed by atoms with van der Waals surface area (Å²) in [7, 11) is 6.05. The van der Waals surface area contributed by atoms with E-state index in [4.69, 9.17) is 23.7 Å². The fourth-order valence-electron chi connectivity index (χ4n) is 2.40. The number of benzene rings is 2. The number of ketones is 1. The van der Waals surface area contributed by atoms with E-state index in [1.165, 1.54) is 33.5 Å². The highest BCUT2D eigenvalue weighted by Gasteiger charge is 2.12. The first kappa shape index (κ1) is 20.8. The highest BCUT2D eigenvalue weighted by Crippen LogP contribution is 2.28. The molecule has 0 radical (unpaired) electrons. The van der Waals surface area contributed by atoms with Gasteiger partial charge in [0.15, 0.2) is 35.4 Å².